The smallest absolute Gasteiger partial charge is 0.259 e. The first-order valence-electron chi connectivity index (χ1n) is 6.77. The summed E-state index contributed by atoms with van der Waals surface area (Å²) in [7, 11) is -1.80. The van der Waals surface area contributed by atoms with Gasteiger partial charge in [-0.05, 0) is 12.8 Å². The molecule has 0 amide bonds. The zero-order valence-electron chi connectivity index (χ0n) is 11.4. The van der Waals surface area contributed by atoms with Crippen molar-refractivity contribution in [1.82, 2.24) is 14.3 Å². The Morgan fingerprint density at radius 3 is 2.55 bits per heavy atom. The van der Waals surface area contributed by atoms with E-state index in [1.54, 1.807) is 11.6 Å². The minimum Gasteiger partial charge on any atom is -0.348 e. The minimum absolute atomic E-state index is 0.0636. The first-order valence-corrected chi connectivity index (χ1v) is 8.26. The third kappa shape index (κ3) is 2.73. The summed E-state index contributed by atoms with van der Waals surface area (Å²) >= 11 is 0. The summed E-state index contributed by atoms with van der Waals surface area (Å²) in [5.41, 5.74) is 0. The molecule has 0 aromatic carbocycles. The van der Waals surface area contributed by atoms with Gasteiger partial charge in [-0.15, -0.1) is 0 Å². The molecule has 0 radical (unpaired) electrons. The van der Waals surface area contributed by atoms with Crippen molar-refractivity contribution in [2.45, 2.75) is 42.5 Å². The van der Waals surface area contributed by atoms with Gasteiger partial charge in [-0.1, -0.05) is 0 Å². The van der Waals surface area contributed by atoms with E-state index in [9.17, 15) is 8.42 Å². The molecule has 1 saturated carbocycles. The normalized spacial score (nSPS) is 23.4. The standard InChI is InChI=1S/C12H19N3O4S/c1-15-8-11(13-9-15)20(16,17)14-10-2-4-12(5-3-10)18-6-7-19-12/h8-10,14H,2-7H2,1H3. The monoisotopic (exact) mass is 301 g/mol. The van der Waals surface area contributed by atoms with Crippen molar-refractivity contribution in [1.29, 1.82) is 0 Å². The Labute approximate surface area is 118 Å². The van der Waals surface area contributed by atoms with Crippen LogP contribution in [0.3, 0.4) is 0 Å². The van der Waals surface area contributed by atoms with Crippen LogP contribution in [0.4, 0.5) is 0 Å². The highest BCUT2D eigenvalue weighted by molar-refractivity contribution is 7.89. The summed E-state index contributed by atoms with van der Waals surface area (Å²) < 4.78 is 40.0. The molecule has 0 unspecified atom stereocenters. The van der Waals surface area contributed by atoms with Crippen molar-refractivity contribution >= 4 is 10.0 Å². The Kier molecular flexibility index (Phi) is 3.57. The number of sulfonamides is 1. The molecular weight excluding hydrogens is 282 g/mol. The van der Waals surface area contributed by atoms with Crippen LogP contribution < -0.4 is 4.72 Å². The van der Waals surface area contributed by atoms with Gasteiger partial charge in [-0.25, -0.2) is 18.1 Å². The predicted molar refractivity (Wildman–Crippen MR) is 70.4 cm³/mol. The molecule has 8 heteroatoms. The summed E-state index contributed by atoms with van der Waals surface area (Å²) in [5, 5.41) is 0.0636. The van der Waals surface area contributed by atoms with E-state index in [4.69, 9.17) is 9.47 Å². The number of nitrogens with zero attached hydrogens (tertiary/aromatic N) is 2. The van der Waals surface area contributed by atoms with E-state index < -0.39 is 15.8 Å². The largest absolute Gasteiger partial charge is 0.348 e. The van der Waals surface area contributed by atoms with Crippen molar-refractivity contribution in [2.24, 2.45) is 7.05 Å². The lowest BCUT2D eigenvalue weighted by Crippen LogP contribution is -2.44. The summed E-state index contributed by atoms with van der Waals surface area (Å²) in [6.45, 7) is 1.26. The lowest BCUT2D eigenvalue weighted by Gasteiger charge is -2.35. The molecule has 2 fully saturated rings. The quantitative estimate of drug-likeness (QED) is 0.873. The molecule has 0 atom stereocenters. The second-order valence-electron chi connectivity index (χ2n) is 5.38. The number of aromatic nitrogens is 2. The van der Waals surface area contributed by atoms with Gasteiger partial charge < -0.3 is 14.0 Å². The van der Waals surface area contributed by atoms with Crippen LogP contribution in [0.2, 0.25) is 0 Å². The van der Waals surface area contributed by atoms with Crippen LogP contribution in [0, 0.1) is 0 Å². The Balaban J connectivity index is 1.62. The number of hydrogen-bond acceptors (Lipinski definition) is 5. The van der Waals surface area contributed by atoms with Crippen LogP contribution in [0.25, 0.3) is 0 Å². The summed E-state index contributed by atoms with van der Waals surface area (Å²) in [6.07, 6.45) is 5.85. The number of aryl methyl sites for hydroxylation is 1. The summed E-state index contributed by atoms with van der Waals surface area (Å²) in [5.74, 6) is -0.465. The minimum atomic E-state index is -3.54. The Morgan fingerprint density at radius 1 is 1.35 bits per heavy atom. The summed E-state index contributed by atoms with van der Waals surface area (Å²) in [6, 6.07) is -0.0829. The SMILES string of the molecule is Cn1cnc(S(=O)(=O)NC2CCC3(CC2)OCCO3)c1. The fourth-order valence-electron chi connectivity index (χ4n) is 2.77. The molecule has 1 spiro atoms. The highest BCUT2D eigenvalue weighted by atomic mass is 32.2. The van der Waals surface area contributed by atoms with Crippen molar-refractivity contribution in [3.63, 3.8) is 0 Å². The van der Waals surface area contributed by atoms with Gasteiger partial charge in [-0.2, -0.15) is 0 Å². The van der Waals surface area contributed by atoms with Crippen LogP contribution in [0.5, 0.6) is 0 Å². The van der Waals surface area contributed by atoms with Crippen LogP contribution in [-0.2, 0) is 26.5 Å². The molecule has 7 nitrogen and oxygen atoms in total. The highest BCUT2D eigenvalue weighted by Crippen LogP contribution is 2.36. The fraction of sp³-hybridized carbons (Fsp3) is 0.750. The third-order valence-electron chi connectivity index (χ3n) is 3.84. The fourth-order valence-corrected chi connectivity index (χ4v) is 4.05. The van der Waals surface area contributed by atoms with E-state index in [-0.39, 0.29) is 11.1 Å². The maximum atomic E-state index is 12.2. The number of ether oxygens (including phenoxy) is 2. The second kappa shape index (κ2) is 5.10. The molecule has 1 aliphatic carbocycles. The first-order chi connectivity index (χ1) is 9.49. The van der Waals surface area contributed by atoms with Gasteiger partial charge >= 0.3 is 0 Å². The van der Waals surface area contributed by atoms with Gasteiger partial charge in [0, 0.05) is 32.1 Å². The van der Waals surface area contributed by atoms with Crippen molar-refractivity contribution in [3.05, 3.63) is 12.5 Å². The molecule has 2 aliphatic rings. The van der Waals surface area contributed by atoms with Crippen molar-refractivity contribution in [3.8, 4) is 0 Å². The summed E-state index contributed by atoms with van der Waals surface area (Å²) in [4.78, 5) is 3.89. The molecule has 1 aliphatic heterocycles. The van der Waals surface area contributed by atoms with E-state index in [1.807, 2.05) is 0 Å². The molecule has 1 aromatic heterocycles. The van der Waals surface area contributed by atoms with Crippen molar-refractivity contribution in [2.75, 3.05) is 13.2 Å². The lowest BCUT2D eigenvalue weighted by molar-refractivity contribution is -0.178. The average Bonchev–Trinajstić information content (AvgIpc) is 3.03. The van der Waals surface area contributed by atoms with Gasteiger partial charge in [0.1, 0.15) is 0 Å². The zero-order chi connectivity index (χ0) is 14.2. The molecule has 112 valence electrons. The van der Waals surface area contributed by atoms with Crippen molar-refractivity contribution < 1.29 is 17.9 Å². The molecular formula is C12H19N3O4S. The third-order valence-corrected chi connectivity index (χ3v) is 5.24. The van der Waals surface area contributed by atoms with Gasteiger partial charge in [0.2, 0.25) is 0 Å². The second-order valence-corrected chi connectivity index (χ2v) is 7.04. The number of imidazole rings is 1. The molecule has 1 saturated heterocycles. The van der Waals surface area contributed by atoms with Gasteiger partial charge in [0.15, 0.2) is 10.8 Å². The first kappa shape index (κ1) is 14.0. The molecule has 20 heavy (non-hydrogen) atoms. The van der Waals surface area contributed by atoms with E-state index in [0.29, 0.717) is 26.1 Å². The van der Waals surface area contributed by atoms with Gasteiger partial charge in [0.25, 0.3) is 10.0 Å². The van der Waals surface area contributed by atoms with E-state index >= 15 is 0 Å². The highest BCUT2D eigenvalue weighted by Gasteiger charge is 2.41. The van der Waals surface area contributed by atoms with Crippen LogP contribution in [0.1, 0.15) is 25.7 Å². The van der Waals surface area contributed by atoms with E-state index in [0.717, 1.165) is 12.8 Å². The topological polar surface area (TPSA) is 82.5 Å². The van der Waals surface area contributed by atoms with Crippen LogP contribution in [0.15, 0.2) is 17.6 Å². The van der Waals surface area contributed by atoms with Crippen LogP contribution >= 0.6 is 0 Å². The number of hydrogen-bond donors (Lipinski definition) is 1. The molecule has 1 N–H and O–H groups in total. The Hall–Kier alpha value is -0.960. The molecule has 0 bridgehead atoms. The lowest BCUT2D eigenvalue weighted by atomic mass is 9.91. The van der Waals surface area contributed by atoms with E-state index in [2.05, 4.69) is 9.71 Å². The zero-order valence-corrected chi connectivity index (χ0v) is 12.2. The van der Waals surface area contributed by atoms with E-state index in [1.165, 1.54) is 12.5 Å². The maximum Gasteiger partial charge on any atom is 0.259 e. The number of rotatable bonds is 3. The Morgan fingerprint density at radius 2 is 2.00 bits per heavy atom. The molecule has 1 aromatic rings. The van der Waals surface area contributed by atoms with Gasteiger partial charge in [-0.3, -0.25) is 0 Å². The maximum absolute atomic E-state index is 12.2. The predicted octanol–water partition coefficient (Wildman–Crippen LogP) is 0.384. The van der Waals surface area contributed by atoms with Gasteiger partial charge in [0.05, 0.1) is 19.5 Å². The van der Waals surface area contributed by atoms with Crippen LogP contribution in [-0.4, -0.2) is 43.0 Å². The average molecular weight is 301 g/mol. The molecule has 3 rings (SSSR count). The Bertz CT molecular complexity index is 567. The number of nitrogens with one attached hydrogen (secondary N) is 1. The molecule has 2 heterocycles.